The van der Waals surface area contributed by atoms with Crippen molar-refractivity contribution >= 4 is 12.3 Å². The first-order valence-electron chi connectivity index (χ1n) is 10.4. The Morgan fingerprint density at radius 3 is 2.53 bits per heavy atom. The number of aromatic hydroxyl groups is 1. The minimum absolute atomic E-state index is 0.0137. The van der Waals surface area contributed by atoms with Crippen LogP contribution in [-0.4, -0.2) is 41.3 Å². The van der Waals surface area contributed by atoms with Crippen molar-refractivity contribution in [1.29, 1.82) is 0 Å². The standard InChI is InChI=1S/C24H30O6/c1-13-6-15(29-5)7-16(26)19(13)21(27)30-17-9-23(4)18-10-22(2,3)12-24(18,28)8-14(11-25)20(17)23/h6-8,11,17-18,20,26,28H,9-10,12H2,1-5H3/t17-,18-,20+,23+,24-/m0/s1. The number of fused-ring (bicyclic) bond motifs is 3. The number of phenolic OH excluding ortho intramolecular Hbond substituents is 1. The first-order chi connectivity index (χ1) is 13.9. The van der Waals surface area contributed by atoms with Crippen LogP contribution in [0.3, 0.4) is 0 Å². The van der Waals surface area contributed by atoms with Crippen LogP contribution in [0.2, 0.25) is 0 Å². The zero-order valence-electron chi connectivity index (χ0n) is 18.2. The molecule has 30 heavy (non-hydrogen) atoms. The van der Waals surface area contributed by atoms with E-state index in [1.165, 1.54) is 13.2 Å². The van der Waals surface area contributed by atoms with E-state index in [1.54, 1.807) is 19.1 Å². The Morgan fingerprint density at radius 1 is 1.23 bits per heavy atom. The van der Waals surface area contributed by atoms with Crippen LogP contribution in [0.1, 0.15) is 56.0 Å². The fourth-order valence-corrected chi connectivity index (χ4v) is 6.46. The molecule has 0 aromatic heterocycles. The van der Waals surface area contributed by atoms with Gasteiger partial charge in [0, 0.05) is 12.0 Å². The number of carbonyl (C=O) groups excluding carboxylic acids is 2. The molecule has 0 unspecified atom stereocenters. The normalized spacial score (nSPS) is 36.1. The molecule has 3 aliphatic carbocycles. The van der Waals surface area contributed by atoms with Crippen LogP contribution in [0, 0.1) is 29.6 Å². The summed E-state index contributed by atoms with van der Waals surface area (Å²) >= 11 is 0. The second-order valence-electron chi connectivity index (χ2n) is 10.3. The highest BCUT2D eigenvalue weighted by Crippen LogP contribution is 2.68. The van der Waals surface area contributed by atoms with Gasteiger partial charge in [-0.3, -0.25) is 4.79 Å². The lowest BCUT2D eigenvalue weighted by atomic mass is 9.46. The average molecular weight is 414 g/mol. The number of benzene rings is 1. The third-order valence-electron chi connectivity index (χ3n) is 7.54. The topological polar surface area (TPSA) is 93.1 Å². The lowest BCUT2D eigenvalue weighted by molar-refractivity contribution is -0.163. The van der Waals surface area contributed by atoms with E-state index in [2.05, 4.69) is 20.8 Å². The van der Waals surface area contributed by atoms with Gasteiger partial charge >= 0.3 is 5.97 Å². The molecule has 0 bridgehead atoms. The Bertz CT molecular complexity index is 924. The van der Waals surface area contributed by atoms with Gasteiger partial charge in [0.05, 0.1) is 12.7 Å². The molecule has 0 heterocycles. The Kier molecular flexibility index (Phi) is 4.59. The molecule has 162 valence electrons. The first kappa shape index (κ1) is 20.9. The number of aryl methyl sites for hydroxylation is 1. The number of phenols is 1. The largest absolute Gasteiger partial charge is 0.507 e. The Morgan fingerprint density at radius 2 is 1.93 bits per heavy atom. The van der Waals surface area contributed by atoms with Crippen molar-refractivity contribution in [2.45, 2.75) is 58.7 Å². The van der Waals surface area contributed by atoms with Crippen molar-refractivity contribution in [3.8, 4) is 11.5 Å². The van der Waals surface area contributed by atoms with E-state index in [9.17, 15) is 19.8 Å². The van der Waals surface area contributed by atoms with Gasteiger partial charge in [-0.2, -0.15) is 0 Å². The molecule has 6 nitrogen and oxygen atoms in total. The molecule has 3 aliphatic rings. The molecule has 0 aliphatic heterocycles. The lowest BCUT2D eigenvalue weighted by Gasteiger charge is -2.60. The van der Waals surface area contributed by atoms with Gasteiger partial charge in [-0.1, -0.05) is 20.8 Å². The summed E-state index contributed by atoms with van der Waals surface area (Å²) in [4.78, 5) is 24.8. The maximum Gasteiger partial charge on any atom is 0.342 e. The molecule has 2 N–H and O–H groups in total. The minimum atomic E-state index is -0.995. The quantitative estimate of drug-likeness (QED) is 0.578. The monoisotopic (exact) mass is 414 g/mol. The van der Waals surface area contributed by atoms with Crippen molar-refractivity contribution in [3.63, 3.8) is 0 Å². The van der Waals surface area contributed by atoms with Gasteiger partial charge in [-0.05, 0) is 66.2 Å². The predicted molar refractivity (Wildman–Crippen MR) is 110 cm³/mol. The van der Waals surface area contributed by atoms with E-state index < -0.39 is 17.7 Å². The van der Waals surface area contributed by atoms with Crippen LogP contribution in [0.25, 0.3) is 0 Å². The molecule has 0 radical (unpaired) electrons. The van der Waals surface area contributed by atoms with Gasteiger partial charge in [0.15, 0.2) is 0 Å². The second-order valence-corrected chi connectivity index (χ2v) is 10.3. The fourth-order valence-electron chi connectivity index (χ4n) is 6.46. The van der Waals surface area contributed by atoms with Crippen molar-refractivity contribution in [1.82, 2.24) is 0 Å². The van der Waals surface area contributed by atoms with Crippen LogP contribution >= 0.6 is 0 Å². The molecular weight excluding hydrogens is 384 g/mol. The second kappa shape index (κ2) is 6.58. The van der Waals surface area contributed by atoms with E-state index >= 15 is 0 Å². The average Bonchev–Trinajstić information content (AvgIpc) is 2.88. The van der Waals surface area contributed by atoms with Crippen LogP contribution in [0.4, 0.5) is 0 Å². The highest BCUT2D eigenvalue weighted by Gasteiger charge is 2.68. The van der Waals surface area contributed by atoms with Gasteiger partial charge in [-0.25, -0.2) is 4.79 Å². The molecule has 5 atom stereocenters. The lowest BCUT2D eigenvalue weighted by Crippen LogP contribution is -2.62. The smallest absolute Gasteiger partial charge is 0.342 e. The molecule has 6 heteroatoms. The Balaban J connectivity index is 1.61. The molecule has 0 spiro atoms. The third-order valence-corrected chi connectivity index (χ3v) is 7.54. The van der Waals surface area contributed by atoms with E-state index in [-0.39, 0.29) is 34.0 Å². The number of ether oxygens (including phenoxy) is 2. The molecule has 2 fully saturated rings. The van der Waals surface area contributed by atoms with Gasteiger partial charge in [0.1, 0.15) is 29.5 Å². The number of aldehydes is 1. The zero-order valence-corrected chi connectivity index (χ0v) is 18.2. The molecular formula is C24H30O6. The summed E-state index contributed by atoms with van der Waals surface area (Å²) in [6, 6.07) is 3.05. The number of aliphatic hydroxyl groups is 1. The maximum atomic E-state index is 12.9. The number of rotatable bonds is 4. The highest BCUT2D eigenvalue weighted by atomic mass is 16.5. The van der Waals surface area contributed by atoms with E-state index in [1.807, 2.05) is 0 Å². The van der Waals surface area contributed by atoms with E-state index in [0.29, 0.717) is 29.7 Å². The SMILES string of the molecule is COc1cc(C)c(C(=O)O[C@H]2C[C@@]3(C)[C@@H]2C(C=O)=C[C@]2(O)CC(C)(C)C[C@@H]32)c(O)c1. The number of hydrogen-bond acceptors (Lipinski definition) is 6. The van der Waals surface area contributed by atoms with E-state index in [0.717, 1.165) is 12.7 Å². The number of esters is 1. The van der Waals surface area contributed by atoms with Crippen molar-refractivity contribution < 1.29 is 29.3 Å². The molecule has 1 aromatic carbocycles. The summed E-state index contributed by atoms with van der Waals surface area (Å²) in [5, 5.41) is 21.6. The first-order valence-corrected chi connectivity index (χ1v) is 10.4. The van der Waals surface area contributed by atoms with Crippen molar-refractivity contribution in [2.24, 2.45) is 22.7 Å². The molecule has 4 rings (SSSR count). The van der Waals surface area contributed by atoms with Crippen LogP contribution in [-0.2, 0) is 9.53 Å². The van der Waals surface area contributed by atoms with Gasteiger partial charge < -0.3 is 19.7 Å². The summed E-state index contributed by atoms with van der Waals surface area (Å²) < 4.78 is 10.9. The number of carbonyl (C=O) groups is 2. The van der Waals surface area contributed by atoms with Crippen molar-refractivity contribution in [3.05, 3.63) is 34.9 Å². The molecule has 0 saturated heterocycles. The van der Waals surface area contributed by atoms with Crippen molar-refractivity contribution in [2.75, 3.05) is 7.11 Å². The summed E-state index contributed by atoms with van der Waals surface area (Å²) in [5.41, 5.74) is -0.153. The minimum Gasteiger partial charge on any atom is -0.507 e. The molecule has 1 aromatic rings. The maximum absolute atomic E-state index is 12.9. The fraction of sp³-hybridized carbons (Fsp3) is 0.583. The molecule has 2 saturated carbocycles. The summed E-state index contributed by atoms with van der Waals surface area (Å²) in [7, 11) is 1.49. The third kappa shape index (κ3) is 2.96. The Hall–Kier alpha value is -2.34. The van der Waals surface area contributed by atoms with Crippen LogP contribution < -0.4 is 4.74 Å². The molecule has 0 amide bonds. The zero-order chi connectivity index (χ0) is 22.1. The number of methoxy groups -OCH3 is 1. The van der Waals surface area contributed by atoms with Gasteiger partial charge in [0.25, 0.3) is 0 Å². The van der Waals surface area contributed by atoms with Gasteiger partial charge in [-0.15, -0.1) is 0 Å². The van der Waals surface area contributed by atoms with Crippen LogP contribution in [0.15, 0.2) is 23.8 Å². The van der Waals surface area contributed by atoms with Crippen LogP contribution in [0.5, 0.6) is 11.5 Å². The summed E-state index contributed by atoms with van der Waals surface area (Å²) in [6.45, 7) is 8.08. The summed E-state index contributed by atoms with van der Waals surface area (Å²) in [6.07, 6.45) is 4.09. The summed E-state index contributed by atoms with van der Waals surface area (Å²) in [5.74, 6) is -0.587. The van der Waals surface area contributed by atoms with Gasteiger partial charge in [0.2, 0.25) is 0 Å². The predicted octanol–water partition coefficient (Wildman–Crippen LogP) is 3.57. The van der Waals surface area contributed by atoms with E-state index in [4.69, 9.17) is 9.47 Å². The highest BCUT2D eigenvalue weighted by molar-refractivity contribution is 5.94. The Labute approximate surface area is 176 Å². The number of hydrogen-bond donors (Lipinski definition) is 2.